The van der Waals surface area contributed by atoms with Gasteiger partial charge in [-0.3, -0.25) is 9.59 Å². The van der Waals surface area contributed by atoms with Gasteiger partial charge in [0, 0.05) is 0 Å². The Balaban J connectivity index is 0.00000128. The van der Waals surface area contributed by atoms with Gasteiger partial charge < -0.3 is 14.9 Å². The molecule has 2 fully saturated rings. The number of hydrogen-bond acceptors (Lipinski definition) is 3. The monoisotopic (exact) mass is 260 g/mol. The molecule has 2 rings (SSSR count). The van der Waals surface area contributed by atoms with Crippen LogP contribution in [-0.4, -0.2) is 34.4 Å². The van der Waals surface area contributed by atoms with Gasteiger partial charge in [0.15, 0.2) is 0 Å². The molecule has 2 aliphatic rings. The standard InChI is InChI=1S/C10H14O5.2Na/c1-9(7(11)12)5-3-4-6(15-5)10(9,2)8(13)14;;/h5-6H,3-4H2,1-2H3,(H,11,12)(H,13,14);;/q;2*+1/t5-,6+,9+,10-;;. The Kier molecular flexibility index (Phi) is 5.78. The molecule has 84 valence electrons. The number of carbonyl (C=O) groups is 2. The van der Waals surface area contributed by atoms with Crippen LogP contribution in [0.4, 0.5) is 0 Å². The summed E-state index contributed by atoms with van der Waals surface area (Å²) >= 11 is 0. The predicted molar refractivity (Wildman–Crippen MR) is 49.4 cm³/mol. The molecule has 0 radical (unpaired) electrons. The maximum atomic E-state index is 11.3. The van der Waals surface area contributed by atoms with Gasteiger partial charge in [-0.25, -0.2) is 0 Å². The fourth-order valence-electron chi connectivity index (χ4n) is 2.88. The Bertz CT molecular complexity index is 316. The second-order valence-corrected chi connectivity index (χ2v) is 4.71. The van der Waals surface area contributed by atoms with Crippen molar-refractivity contribution in [2.24, 2.45) is 10.8 Å². The molecule has 5 nitrogen and oxygen atoms in total. The largest absolute Gasteiger partial charge is 1.00 e. The van der Waals surface area contributed by atoms with Crippen LogP contribution in [-0.2, 0) is 14.3 Å². The average Bonchev–Trinajstić information content (AvgIpc) is 2.69. The summed E-state index contributed by atoms with van der Waals surface area (Å²) in [7, 11) is 0. The number of carboxylic acids is 2. The van der Waals surface area contributed by atoms with Gasteiger partial charge in [-0.05, 0) is 26.7 Å². The second kappa shape index (κ2) is 5.49. The van der Waals surface area contributed by atoms with Crippen molar-refractivity contribution in [2.75, 3.05) is 0 Å². The van der Waals surface area contributed by atoms with Gasteiger partial charge in [0.05, 0.1) is 12.2 Å². The summed E-state index contributed by atoms with van der Waals surface area (Å²) in [6, 6.07) is 0. The minimum Gasteiger partial charge on any atom is -0.481 e. The molecule has 2 aliphatic heterocycles. The SMILES string of the molecule is C[C@]1(C(=O)O)[C@@H]2CC[C@@H](O2)[C@@]1(C)C(=O)O.[Na+].[Na+]. The maximum Gasteiger partial charge on any atom is 1.00 e. The summed E-state index contributed by atoms with van der Waals surface area (Å²) in [5.74, 6) is -2.17. The van der Waals surface area contributed by atoms with E-state index in [1.807, 2.05) is 0 Å². The number of aliphatic carboxylic acids is 2. The number of fused-ring (bicyclic) bond motifs is 2. The summed E-state index contributed by atoms with van der Waals surface area (Å²) in [4.78, 5) is 22.6. The molecule has 2 heterocycles. The second-order valence-electron chi connectivity index (χ2n) is 4.71. The van der Waals surface area contributed by atoms with Gasteiger partial charge >= 0.3 is 71.1 Å². The molecule has 2 saturated heterocycles. The smallest absolute Gasteiger partial charge is 0.481 e. The Labute approximate surface area is 144 Å². The molecule has 0 aromatic heterocycles. The van der Waals surface area contributed by atoms with E-state index in [1.165, 1.54) is 13.8 Å². The van der Waals surface area contributed by atoms with Gasteiger partial charge in [-0.1, -0.05) is 0 Å². The molecule has 4 atom stereocenters. The van der Waals surface area contributed by atoms with Crippen LogP contribution in [0.25, 0.3) is 0 Å². The van der Waals surface area contributed by atoms with Crippen molar-refractivity contribution in [1.82, 2.24) is 0 Å². The average molecular weight is 260 g/mol. The van der Waals surface area contributed by atoms with E-state index < -0.39 is 35.0 Å². The molecule has 17 heavy (non-hydrogen) atoms. The van der Waals surface area contributed by atoms with Crippen molar-refractivity contribution in [1.29, 1.82) is 0 Å². The molecule has 7 heteroatoms. The van der Waals surface area contributed by atoms with Crippen molar-refractivity contribution in [3.63, 3.8) is 0 Å². The fourth-order valence-corrected chi connectivity index (χ4v) is 2.88. The van der Waals surface area contributed by atoms with Crippen LogP contribution in [0, 0.1) is 10.8 Å². The molecule has 2 bridgehead atoms. The molecule has 0 unspecified atom stereocenters. The van der Waals surface area contributed by atoms with E-state index >= 15 is 0 Å². The molecule has 0 aromatic rings. The number of carboxylic acid groups (broad SMARTS) is 2. The van der Waals surface area contributed by atoms with Crippen molar-refractivity contribution in [3.8, 4) is 0 Å². The first-order chi connectivity index (χ1) is 6.85. The summed E-state index contributed by atoms with van der Waals surface area (Å²) in [5, 5.41) is 18.5. The summed E-state index contributed by atoms with van der Waals surface area (Å²) in [5.41, 5.74) is -2.64. The van der Waals surface area contributed by atoms with Crippen molar-refractivity contribution in [2.45, 2.75) is 38.9 Å². The third kappa shape index (κ3) is 2.04. The molecule has 0 aliphatic carbocycles. The Morgan fingerprint density at radius 3 is 1.53 bits per heavy atom. The third-order valence-electron chi connectivity index (χ3n) is 4.27. The van der Waals surface area contributed by atoms with Crippen LogP contribution in [0.1, 0.15) is 26.7 Å². The zero-order valence-corrected chi connectivity index (χ0v) is 14.7. The van der Waals surface area contributed by atoms with Crippen LogP contribution in [0.5, 0.6) is 0 Å². The molecular formula is C10H14Na2O5+2. The van der Waals surface area contributed by atoms with E-state index in [-0.39, 0.29) is 59.1 Å². The Morgan fingerprint density at radius 1 is 1.00 bits per heavy atom. The topological polar surface area (TPSA) is 83.8 Å². The summed E-state index contributed by atoms with van der Waals surface area (Å²) in [6.07, 6.45) is 0.328. The Hall–Kier alpha value is 0.900. The van der Waals surface area contributed by atoms with Crippen molar-refractivity contribution < 1.29 is 83.7 Å². The number of ether oxygens (including phenoxy) is 1. The zero-order chi connectivity index (χ0) is 11.4. The molecule has 0 amide bonds. The van der Waals surface area contributed by atoms with Gasteiger partial charge in [0.1, 0.15) is 10.8 Å². The fraction of sp³-hybridized carbons (Fsp3) is 0.800. The molecular weight excluding hydrogens is 246 g/mol. The first kappa shape index (κ1) is 17.9. The summed E-state index contributed by atoms with van der Waals surface area (Å²) in [6.45, 7) is 2.96. The van der Waals surface area contributed by atoms with E-state index in [2.05, 4.69) is 0 Å². The van der Waals surface area contributed by atoms with Crippen LogP contribution in [0.3, 0.4) is 0 Å². The van der Waals surface area contributed by atoms with E-state index in [0.717, 1.165) is 0 Å². The minimum atomic E-state index is -1.32. The van der Waals surface area contributed by atoms with E-state index in [1.54, 1.807) is 0 Å². The normalized spacial score (nSPS) is 42.5. The van der Waals surface area contributed by atoms with Crippen molar-refractivity contribution >= 4 is 11.9 Å². The minimum absolute atomic E-state index is 0. The van der Waals surface area contributed by atoms with Crippen molar-refractivity contribution in [3.05, 3.63) is 0 Å². The van der Waals surface area contributed by atoms with Crippen LogP contribution >= 0.6 is 0 Å². The summed E-state index contributed by atoms with van der Waals surface area (Å²) < 4.78 is 5.46. The van der Waals surface area contributed by atoms with Gasteiger partial charge in [-0.2, -0.15) is 0 Å². The predicted octanol–water partition coefficient (Wildman–Crippen LogP) is -5.26. The quantitative estimate of drug-likeness (QED) is 0.485. The van der Waals surface area contributed by atoms with Crippen LogP contribution in [0.2, 0.25) is 0 Å². The van der Waals surface area contributed by atoms with Gasteiger partial charge in [-0.15, -0.1) is 0 Å². The van der Waals surface area contributed by atoms with Gasteiger partial charge in [0.2, 0.25) is 0 Å². The molecule has 2 N–H and O–H groups in total. The van der Waals surface area contributed by atoms with E-state index in [0.29, 0.717) is 12.8 Å². The number of hydrogen-bond donors (Lipinski definition) is 2. The molecule has 0 spiro atoms. The third-order valence-corrected chi connectivity index (χ3v) is 4.27. The van der Waals surface area contributed by atoms with Crippen LogP contribution < -0.4 is 59.1 Å². The van der Waals surface area contributed by atoms with E-state index in [9.17, 15) is 19.8 Å². The Morgan fingerprint density at radius 2 is 1.29 bits per heavy atom. The number of rotatable bonds is 2. The van der Waals surface area contributed by atoms with E-state index in [4.69, 9.17) is 4.74 Å². The zero-order valence-electron chi connectivity index (χ0n) is 10.7. The first-order valence-corrected chi connectivity index (χ1v) is 4.97. The van der Waals surface area contributed by atoms with Gasteiger partial charge in [0.25, 0.3) is 0 Å². The maximum absolute atomic E-state index is 11.3. The van der Waals surface area contributed by atoms with Crippen LogP contribution in [0.15, 0.2) is 0 Å². The molecule has 0 saturated carbocycles. The first-order valence-electron chi connectivity index (χ1n) is 4.97. The molecule has 0 aromatic carbocycles.